The molecule has 2 aromatic carbocycles. The maximum absolute atomic E-state index is 13.9. The molecular formula is C27H25F6N5O4. The normalized spacial score (nSPS) is 17.0. The van der Waals surface area contributed by atoms with E-state index in [2.05, 4.69) is 28.6 Å². The molecule has 0 radical (unpaired) electrons. The number of aliphatic carboxylic acids is 1. The Morgan fingerprint density at radius 3 is 2.29 bits per heavy atom. The van der Waals surface area contributed by atoms with Crippen LogP contribution in [-0.4, -0.2) is 54.4 Å². The third-order valence-electron chi connectivity index (χ3n) is 6.93. The first kappa shape index (κ1) is 30.4. The number of aromatic nitrogens is 4. The summed E-state index contributed by atoms with van der Waals surface area (Å²) < 4.78 is 76.5. The summed E-state index contributed by atoms with van der Waals surface area (Å²) in [5.74, 6) is -9.66. The zero-order valence-corrected chi connectivity index (χ0v) is 22.0. The predicted molar refractivity (Wildman–Crippen MR) is 137 cm³/mol. The minimum absolute atomic E-state index is 0.159. The number of aromatic hydroxyl groups is 1. The molecule has 5 rings (SSSR count). The second-order valence-corrected chi connectivity index (χ2v) is 9.86. The summed E-state index contributed by atoms with van der Waals surface area (Å²) in [5, 5.41) is 28.9. The van der Waals surface area contributed by atoms with Gasteiger partial charge in [0.1, 0.15) is 0 Å². The molecule has 9 nitrogen and oxygen atoms in total. The van der Waals surface area contributed by atoms with E-state index in [1.54, 1.807) is 4.68 Å². The average Bonchev–Trinajstić information content (AvgIpc) is 3.58. The second kappa shape index (κ2) is 12.1. The molecule has 224 valence electrons. The highest BCUT2D eigenvalue weighted by molar-refractivity contribution is 5.94. The number of halogens is 6. The van der Waals surface area contributed by atoms with Crippen LogP contribution in [0.3, 0.4) is 0 Å². The number of amides is 1. The number of hydrogen-bond donors (Lipinski definition) is 3. The molecule has 0 saturated heterocycles. The van der Waals surface area contributed by atoms with E-state index in [0.717, 1.165) is 47.7 Å². The Morgan fingerprint density at radius 1 is 1.02 bits per heavy atom. The summed E-state index contributed by atoms with van der Waals surface area (Å²) in [6, 6.07) is 6.89. The van der Waals surface area contributed by atoms with Crippen LogP contribution in [0.5, 0.6) is 5.75 Å². The van der Waals surface area contributed by atoms with Crippen molar-refractivity contribution in [3.8, 4) is 16.9 Å². The van der Waals surface area contributed by atoms with Crippen molar-refractivity contribution in [2.75, 3.05) is 6.54 Å². The minimum Gasteiger partial charge on any atom is -0.503 e. The summed E-state index contributed by atoms with van der Waals surface area (Å²) in [5.41, 5.74) is 2.24. The van der Waals surface area contributed by atoms with Crippen LogP contribution in [0.4, 0.5) is 26.3 Å². The number of phenols is 1. The first-order chi connectivity index (χ1) is 19.7. The van der Waals surface area contributed by atoms with Gasteiger partial charge in [-0.25, -0.2) is 13.6 Å². The molecule has 15 heteroatoms. The number of benzene rings is 2. The first-order valence-corrected chi connectivity index (χ1v) is 12.7. The van der Waals surface area contributed by atoms with Gasteiger partial charge in [-0.1, -0.05) is 12.1 Å². The smallest absolute Gasteiger partial charge is 0.490 e. The Labute approximate surface area is 234 Å². The van der Waals surface area contributed by atoms with E-state index in [4.69, 9.17) is 20.1 Å². The zero-order chi connectivity index (χ0) is 30.8. The number of hydrogen-bond acceptors (Lipinski definition) is 5. The molecule has 1 fully saturated rings. The van der Waals surface area contributed by atoms with Crippen molar-refractivity contribution in [2.45, 2.75) is 37.9 Å². The van der Waals surface area contributed by atoms with Gasteiger partial charge in [0.2, 0.25) is 5.82 Å². The monoisotopic (exact) mass is 597 g/mol. The van der Waals surface area contributed by atoms with Crippen LogP contribution in [0.2, 0.25) is 0 Å². The Morgan fingerprint density at radius 2 is 1.69 bits per heavy atom. The van der Waals surface area contributed by atoms with Crippen molar-refractivity contribution in [1.82, 2.24) is 24.9 Å². The maximum Gasteiger partial charge on any atom is 0.490 e. The zero-order valence-electron chi connectivity index (χ0n) is 22.0. The topological polar surface area (TPSA) is 122 Å². The van der Waals surface area contributed by atoms with Crippen LogP contribution in [-0.2, 0) is 11.8 Å². The van der Waals surface area contributed by atoms with Gasteiger partial charge in [-0.05, 0) is 49.3 Å². The lowest BCUT2D eigenvalue weighted by Crippen LogP contribution is -2.32. The maximum atomic E-state index is 13.9. The summed E-state index contributed by atoms with van der Waals surface area (Å²) in [4.78, 5) is 21.2. The molecule has 0 bridgehead atoms. The molecular weight excluding hydrogens is 572 g/mol. The van der Waals surface area contributed by atoms with Crippen molar-refractivity contribution in [1.29, 1.82) is 0 Å². The summed E-state index contributed by atoms with van der Waals surface area (Å²) >= 11 is 0. The predicted octanol–water partition coefficient (Wildman–Crippen LogP) is 5.35. The lowest BCUT2D eigenvalue weighted by molar-refractivity contribution is -0.192. The highest BCUT2D eigenvalue weighted by atomic mass is 19.4. The average molecular weight is 598 g/mol. The Balaban J connectivity index is 0.000000517. The number of carbonyl (C=O) groups excluding carboxylic acids is 1. The van der Waals surface area contributed by atoms with Crippen molar-refractivity contribution in [3.63, 3.8) is 0 Å². The van der Waals surface area contributed by atoms with Crippen molar-refractivity contribution in [2.24, 2.45) is 13.0 Å². The minimum atomic E-state index is -5.08. The number of nitrogens with zero attached hydrogens (tertiary/aromatic N) is 4. The molecule has 1 saturated carbocycles. The van der Waals surface area contributed by atoms with Crippen LogP contribution in [0, 0.1) is 23.4 Å². The summed E-state index contributed by atoms with van der Waals surface area (Å²) in [6.07, 6.45) is 4.11. The third kappa shape index (κ3) is 6.83. The molecule has 2 aromatic heterocycles. The largest absolute Gasteiger partial charge is 0.503 e. The molecule has 1 aliphatic carbocycles. The number of rotatable bonds is 5. The van der Waals surface area contributed by atoms with E-state index in [1.165, 1.54) is 0 Å². The summed E-state index contributed by atoms with van der Waals surface area (Å²) in [7, 11) is 1.88. The van der Waals surface area contributed by atoms with E-state index in [0.29, 0.717) is 6.07 Å². The van der Waals surface area contributed by atoms with E-state index in [1.807, 2.05) is 30.3 Å². The van der Waals surface area contributed by atoms with Gasteiger partial charge in [0.05, 0.1) is 23.3 Å². The molecule has 0 atom stereocenters. The quantitative estimate of drug-likeness (QED) is 0.211. The van der Waals surface area contributed by atoms with Crippen molar-refractivity contribution >= 4 is 22.8 Å². The van der Waals surface area contributed by atoms with Crippen LogP contribution in [0.25, 0.3) is 22.0 Å². The first-order valence-electron chi connectivity index (χ1n) is 12.7. The molecule has 3 N–H and O–H groups in total. The fourth-order valence-corrected chi connectivity index (χ4v) is 4.67. The van der Waals surface area contributed by atoms with E-state index < -0.39 is 46.8 Å². The Bertz CT molecular complexity index is 1610. The van der Waals surface area contributed by atoms with Crippen LogP contribution in [0.15, 0.2) is 42.9 Å². The fourth-order valence-electron chi connectivity index (χ4n) is 4.67. The van der Waals surface area contributed by atoms with Crippen LogP contribution in [0.1, 0.15) is 42.1 Å². The Kier molecular flexibility index (Phi) is 8.78. The van der Waals surface area contributed by atoms with E-state index in [9.17, 15) is 31.1 Å². The van der Waals surface area contributed by atoms with Crippen molar-refractivity contribution < 1.29 is 46.1 Å². The van der Waals surface area contributed by atoms with Gasteiger partial charge in [-0.2, -0.15) is 27.8 Å². The molecule has 0 aliphatic heterocycles. The van der Waals surface area contributed by atoms with Gasteiger partial charge in [0.15, 0.2) is 17.4 Å². The Hall–Kier alpha value is -4.56. The van der Waals surface area contributed by atoms with E-state index in [-0.39, 0.29) is 18.5 Å². The molecule has 0 unspecified atom stereocenters. The van der Waals surface area contributed by atoms with Gasteiger partial charge < -0.3 is 15.5 Å². The molecule has 42 heavy (non-hydrogen) atoms. The van der Waals surface area contributed by atoms with E-state index >= 15 is 0 Å². The number of alkyl halides is 3. The highest BCUT2D eigenvalue weighted by Crippen LogP contribution is 2.33. The number of carbonyl (C=O) groups is 2. The fraction of sp³-hybridized carbons (Fsp3) is 0.333. The third-order valence-corrected chi connectivity index (χ3v) is 6.93. The second-order valence-electron chi connectivity index (χ2n) is 9.86. The van der Waals surface area contributed by atoms with Crippen molar-refractivity contribution in [3.05, 3.63) is 65.9 Å². The number of carboxylic acid groups (broad SMARTS) is 1. The SMILES string of the molecule is Cn1cc(-c2ccc3cn(C4CCC(CNC(=O)c5cc(F)c(O)c(F)c5F)CC4)nc3c2)cn1.O=C(O)C(F)(F)F. The molecule has 1 amide bonds. The van der Waals surface area contributed by atoms with Gasteiger partial charge >= 0.3 is 12.1 Å². The van der Waals surface area contributed by atoms with Gasteiger partial charge in [0, 0.05) is 36.9 Å². The lowest BCUT2D eigenvalue weighted by atomic mass is 9.86. The van der Waals surface area contributed by atoms with Crippen LogP contribution >= 0.6 is 0 Å². The van der Waals surface area contributed by atoms with Crippen LogP contribution < -0.4 is 5.32 Å². The van der Waals surface area contributed by atoms with Gasteiger partial charge in [-0.15, -0.1) is 0 Å². The van der Waals surface area contributed by atoms with Gasteiger partial charge in [-0.3, -0.25) is 14.2 Å². The highest BCUT2D eigenvalue weighted by Gasteiger charge is 2.38. The van der Waals surface area contributed by atoms with Gasteiger partial charge in [0.25, 0.3) is 5.91 Å². The lowest BCUT2D eigenvalue weighted by Gasteiger charge is -2.28. The molecule has 2 heterocycles. The number of phenolic OH excluding ortho intramolecular Hbond substituents is 1. The molecule has 4 aromatic rings. The molecule has 0 spiro atoms. The number of aryl methyl sites for hydroxylation is 1. The number of nitrogens with one attached hydrogen (secondary N) is 1. The molecule has 1 aliphatic rings. The number of carboxylic acids is 1. The summed E-state index contributed by atoms with van der Waals surface area (Å²) in [6.45, 7) is 0.269. The number of fused-ring (bicyclic) bond motifs is 1. The standard InChI is InChI=1S/C25H24F3N5O2.C2HF3O2/c1-32-12-17(11-30-32)15-4-5-16-13-33(31-21(16)8-15)18-6-2-14(3-7-18)10-29-25(35)19-9-20(26)24(34)23(28)22(19)27;3-2(4,5)1(6)7/h4-5,8-9,11-14,18,34H,2-3,6-7,10H2,1H3,(H,29,35);(H,6,7).